The number of nitrogens with zero attached hydrogens (tertiary/aromatic N) is 1. The van der Waals surface area contributed by atoms with E-state index in [1.165, 1.54) is 25.3 Å². The van der Waals surface area contributed by atoms with Crippen molar-refractivity contribution in [3.8, 4) is 0 Å². The maximum Gasteiger partial charge on any atom is 0.416 e. The molecule has 2 aromatic rings. The van der Waals surface area contributed by atoms with Crippen molar-refractivity contribution in [2.75, 3.05) is 23.3 Å². The number of rotatable bonds is 3. The molecule has 2 aromatic carbocycles. The van der Waals surface area contributed by atoms with Gasteiger partial charge in [-0.15, -0.1) is 0 Å². The Kier molecular flexibility index (Phi) is 6.69. The molecule has 2 aliphatic rings. The lowest BCUT2D eigenvalue weighted by Gasteiger charge is -2.43. The molecule has 0 aromatic heterocycles. The Morgan fingerprint density at radius 1 is 1.00 bits per heavy atom. The van der Waals surface area contributed by atoms with E-state index in [4.69, 9.17) is 12.2 Å². The average molecular weight is 462 g/mol. The van der Waals surface area contributed by atoms with Crippen LogP contribution in [0.4, 0.5) is 24.5 Å². The van der Waals surface area contributed by atoms with Crippen LogP contribution in [0.2, 0.25) is 0 Å². The molecule has 0 spiro atoms. The van der Waals surface area contributed by atoms with Gasteiger partial charge in [0.05, 0.1) is 16.9 Å². The fourth-order valence-electron chi connectivity index (χ4n) is 4.83. The van der Waals surface area contributed by atoms with Crippen LogP contribution in [0, 0.1) is 11.8 Å². The molecule has 0 bridgehead atoms. The summed E-state index contributed by atoms with van der Waals surface area (Å²) < 4.78 is 40.2. The molecule has 1 aliphatic heterocycles. The zero-order valence-electron chi connectivity index (χ0n) is 17.6. The van der Waals surface area contributed by atoms with Crippen LogP contribution in [0.25, 0.3) is 0 Å². The molecule has 8 heteroatoms. The standard InChI is InChI=1S/C24H26F3N3OS/c25-24(26,27)19-10-11-21(30-13-12-16-6-4-5-9-18(16)15-30)20(14-19)28-23(32)29-22(31)17-7-2-1-3-8-17/h1-3,7-8,10-11,14,16,18H,4-6,9,12-13,15H2,(H2,28,29,31,32). The van der Waals surface area contributed by atoms with Crippen molar-refractivity contribution in [3.63, 3.8) is 0 Å². The van der Waals surface area contributed by atoms with Crippen molar-refractivity contribution in [1.29, 1.82) is 0 Å². The number of nitrogens with one attached hydrogen (secondary N) is 2. The molecule has 1 aliphatic carbocycles. The van der Waals surface area contributed by atoms with Crippen molar-refractivity contribution in [3.05, 3.63) is 59.7 Å². The zero-order valence-corrected chi connectivity index (χ0v) is 18.4. The molecule has 1 heterocycles. The Morgan fingerprint density at radius 2 is 1.72 bits per heavy atom. The Morgan fingerprint density at radius 3 is 2.44 bits per heavy atom. The summed E-state index contributed by atoms with van der Waals surface area (Å²) in [5.74, 6) is 0.856. The van der Waals surface area contributed by atoms with E-state index >= 15 is 0 Å². The molecule has 1 saturated carbocycles. The summed E-state index contributed by atoms with van der Waals surface area (Å²) in [6, 6.07) is 12.2. The van der Waals surface area contributed by atoms with Crippen molar-refractivity contribution in [2.45, 2.75) is 38.3 Å². The number of fused-ring (bicyclic) bond motifs is 1. The van der Waals surface area contributed by atoms with Crippen LogP contribution >= 0.6 is 12.2 Å². The van der Waals surface area contributed by atoms with Crippen molar-refractivity contribution in [2.24, 2.45) is 11.8 Å². The van der Waals surface area contributed by atoms with Gasteiger partial charge in [-0.05, 0) is 67.2 Å². The van der Waals surface area contributed by atoms with E-state index in [0.717, 1.165) is 38.1 Å². The first-order valence-electron chi connectivity index (χ1n) is 10.9. The Labute approximate surface area is 191 Å². The smallest absolute Gasteiger partial charge is 0.370 e. The number of hydrogen-bond acceptors (Lipinski definition) is 3. The third-order valence-corrected chi connectivity index (χ3v) is 6.67. The predicted octanol–water partition coefficient (Wildman–Crippen LogP) is 5.85. The van der Waals surface area contributed by atoms with Gasteiger partial charge in [-0.3, -0.25) is 10.1 Å². The van der Waals surface area contributed by atoms with Crippen LogP contribution in [0.15, 0.2) is 48.5 Å². The fourth-order valence-corrected chi connectivity index (χ4v) is 5.03. The van der Waals surface area contributed by atoms with Crippen LogP contribution in [-0.2, 0) is 6.18 Å². The monoisotopic (exact) mass is 461 g/mol. The maximum absolute atomic E-state index is 13.4. The molecule has 4 rings (SSSR count). The summed E-state index contributed by atoms with van der Waals surface area (Å²) >= 11 is 5.26. The second-order valence-electron chi connectivity index (χ2n) is 8.54. The molecule has 2 unspecified atom stereocenters. The lowest BCUT2D eigenvalue weighted by Crippen LogP contribution is -2.42. The fraction of sp³-hybridized carbons (Fsp3) is 0.417. The van der Waals surface area contributed by atoms with Gasteiger partial charge in [0, 0.05) is 18.7 Å². The Bertz CT molecular complexity index is 980. The lowest BCUT2D eigenvalue weighted by atomic mass is 9.75. The minimum absolute atomic E-state index is 0.0352. The van der Waals surface area contributed by atoms with E-state index in [9.17, 15) is 18.0 Å². The van der Waals surface area contributed by atoms with Crippen LogP contribution in [0.3, 0.4) is 0 Å². The van der Waals surface area contributed by atoms with E-state index < -0.39 is 17.6 Å². The van der Waals surface area contributed by atoms with E-state index in [1.807, 2.05) is 0 Å². The predicted molar refractivity (Wildman–Crippen MR) is 124 cm³/mol. The summed E-state index contributed by atoms with van der Waals surface area (Å²) in [5.41, 5.74) is 0.597. The minimum atomic E-state index is -4.47. The van der Waals surface area contributed by atoms with E-state index in [-0.39, 0.29) is 10.8 Å². The SMILES string of the molecule is O=C(NC(=S)Nc1cc(C(F)(F)F)ccc1N1CCC2CCCCC2C1)c1ccccc1. The Hall–Kier alpha value is -2.61. The van der Waals surface area contributed by atoms with Gasteiger partial charge in [-0.1, -0.05) is 37.5 Å². The van der Waals surface area contributed by atoms with Gasteiger partial charge >= 0.3 is 6.18 Å². The second-order valence-corrected chi connectivity index (χ2v) is 8.95. The van der Waals surface area contributed by atoms with Crippen LogP contribution < -0.4 is 15.5 Å². The van der Waals surface area contributed by atoms with Gasteiger partial charge in [0.25, 0.3) is 5.91 Å². The number of amides is 1. The van der Waals surface area contributed by atoms with Crippen LogP contribution in [-0.4, -0.2) is 24.1 Å². The molecule has 1 saturated heterocycles. The highest BCUT2D eigenvalue weighted by Crippen LogP contribution is 2.41. The quantitative estimate of drug-likeness (QED) is 0.563. The number of alkyl halides is 3. The molecule has 32 heavy (non-hydrogen) atoms. The molecule has 4 nitrogen and oxygen atoms in total. The number of carbonyl (C=O) groups excluding carboxylic acids is 1. The maximum atomic E-state index is 13.4. The van der Waals surface area contributed by atoms with Crippen LogP contribution in [0.1, 0.15) is 48.0 Å². The normalized spacial score (nSPS) is 20.9. The first kappa shape index (κ1) is 22.6. The molecule has 170 valence electrons. The number of hydrogen-bond donors (Lipinski definition) is 2. The third-order valence-electron chi connectivity index (χ3n) is 6.47. The van der Waals surface area contributed by atoms with Crippen molar-refractivity contribution >= 4 is 34.6 Å². The summed E-state index contributed by atoms with van der Waals surface area (Å²) in [4.78, 5) is 14.5. The number of anilines is 2. The van der Waals surface area contributed by atoms with Crippen molar-refractivity contribution in [1.82, 2.24) is 5.32 Å². The molecule has 2 N–H and O–H groups in total. The summed E-state index contributed by atoms with van der Waals surface area (Å²) in [7, 11) is 0. The molecule has 0 radical (unpaired) electrons. The lowest BCUT2D eigenvalue weighted by molar-refractivity contribution is -0.137. The first-order chi connectivity index (χ1) is 15.3. The molecule has 2 fully saturated rings. The van der Waals surface area contributed by atoms with Gasteiger partial charge in [-0.2, -0.15) is 13.2 Å². The number of piperidine rings is 1. The van der Waals surface area contributed by atoms with E-state index in [0.29, 0.717) is 23.1 Å². The van der Waals surface area contributed by atoms with Crippen molar-refractivity contribution < 1.29 is 18.0 Å². The molecular weight excluding hydrogens is 435 g/mol. The molecule has 2 atom stereocenters. The van der Waals surface area contributed by atoms with Gasteiger partial charge in [0.1, 0.15) is 0 Å². The number of halogens is 3. The largest absolute Gasteiger partial charge is 0.416 e. The van der Waals surface area contributed by atoms with Gasteiger partial charge < -0.3 is 10.2 Å². The topological polar surface area (TPSA) is 44.4 Å². The second kappa shape index (κ2) is 9.48. The van der Waals surface area contributed by atoms with Gasteiger partial charge in [0.15, 0.2) is 5.11 Å². The molecule has 1 amide bonds. The number of benzene rings is 2. The summed E-state index contributed by atoms with van der Waals surface area (Å²) in [5, 5.41) is 5.38. The summed E-state index contributed by atoms with van der Waals surface area (Å²) in [6.07, 6.45) is 1.45. The first-order valence-corrected chi connectivity index (χ1v) is 11.4. The highest BCUT2D eigenvalue weighted by Gasteiger charge is 2.34. The highest BCUT2D eigenvalue weighted by molar-refractivity contribution is 7.80. The third kappa shape index (κ3) is 5.23. The zero-order chi connectivity index (χ0) is 22.7. The van der Waals surface area contributed by atoms with Gasteiger partial charge in [0.2, 0.25) is 0 Å². The average Bonchev–Trinajstić information content (AvgIpc) is 2.78. The number of carbonyl (C=O) groups is 1. The van der Waals surface area contributed by atoms with Gasteiger partial charge in [-0.25, -0.2) is 0 Å². The minimum Gasteiger partial charge on any atom is -0.370 e. The van der Waals surface area contributed by atoms with E-state index in [1.54, 1.807) is 30.3 Å². The Balaban J connectivity index is 1.55. The highest BCUT2D eigenvalue weighted by atomic mass is 32.1. The number of thiocarbonyl (C=S) groups is 1. The molecular formula is C24H26F3N3OS. The van der Waals surface area contributed by atoms with E-state index in [2.05, 4.69) is 15.5 Å². The van der Waals surface area contributed by atoms with Crippen LogP contribution in [0.5, 0.6) is 0 Å². The summed E-state index contributed by atoms with van der Waals surface area (Å²) in [6.45, 7) is 1.62.